The topological polar surface area (TPSA) is 73.4 Å². The summed E-state index contributed by atoms with van der Waals surface area (Å²) in [6, 6.07) is 16.6. The Morgan fingerprint density at radius 1 is 0.923 bits per heavy atom. The number of aromatic nitrogens is 2. The molecular weight excluding hydrogens is 332 g/mol. The molecule has 1 aliphatic heterocycles. The maximum absolute atomic E-state index is 10.8. The van der Waals surface area contributed by atoms with Crippen LogP contribution in [0.1, 0.15) is 0 Å². The van der Waals surface area contributed by atoms with Crippen LogP contribution in [0.15, 0.2) is 60.8 Å². The Morgan fingerprint density at radius 3 is 2.23 bits per heavy atom. The van der Waals surface area contributed by atoms with Crippen molar-refractivity contribution in [1.82, 2.24) is 9.78 Å². The molecule has 4 rings (SSSR count). The van der Waals surface area contributed by atoms with Crippen molar-refractivity contribution in [2.24, 2.45) is 0 Å². The lowest BCUT2D eigenvalue weighted by Crippen LogP contribution is -2.36. The first-order chi connectivity index (χ1) is 12.7. The van der Waals surface area contributed by atoms with Gasteiger partial charge in [-0.15, -0.1) is 0 Å². The van der Waals surface area contributed by atoms with Crippen molar-refractivity contribution >= 4 is 11.4 Å². The minimum Gasteiger partial charge on any atom is -0.378 e. The van der Waals surface area contributed by atoms with Gasteiger partial charge in [0.15, 0.2) is 0 Å². The highest BCUT2D eigenvalue weighted by Crippen LogP contribution is 2.23. The number of nitro benzene ring substituents is 1. The van der Waals surface area contributed by atoms with Crippen LogP contribution in [-0.2, 0) is 4.74 Å². The fourth-order valence-corrected chi connectivity index (χ4v) is 3.01. The van der Waals surface area contributed by atoms with Gasteiger partial charge in [0.25, 0.3) is 5.69 Å². The first-order valence-corrected chi connectivity index (χ1v) is 8.44. The number of non-ortho nitro benzene ring substituents is 1. The van der Waals surface area contributed by atoms with Crippen molar-refractivity contribution < 1.29 is 9.66 Å². The summed E-state index contributed by atoms with van der Waals surface area (Å²) in [5, 5.41) is 15.3. The second kappa shape index (κ2) is 6.97. The van der Waals surface area contributed by atoms with Gasteiger partial charge in [0, 0.05) is 42.7 Å². The summed E-state index contributed by atoms with van der Waals surface area (Å²) in [4.78, 5) is 12.7. The molecule has 0 saturated carbocycles. The molecule has 2 heterocycles. The normalized spacial score (nSPS) is 14.4. The smallest absolute Gasteiger partial charge is 0.269 e. The number of anilines is 1. The van der Waals surface area contributed by atoms with Gasteiger partial charge in [0.1, 0.15) is 0 Å². The Labute approximate surface area is 150 Å². The molecule has 2 aromatic carbocycles. The summed E-state index contributed by atoms with van der Waals surface area (Å²) in [6.07, 6.45) is 1.89. The van der Waals surface area contributed by atoms with E-state index < -0.39 is 4.92 Å². The molecular formula is C19H18N4O3. The van der Waals surface area contributed by atoms with E-state index in [1.54, 1.807) is 16.8 Å². The Kier molecular flexibility index (Phi) is 4.37. The van der Waals surface area contributed by atoms with E-state index in [1.165, 1.54) is 17.8 Å². The first kappa shape index (κ1) is 16.3. The van der Waals surface area contributed by atoms with E-state index in [4.69, 9.17) is 4.74 Å². The van der Waals surface area contributed by atoms with E-state index >= 15 is 0 Å². The predicted molar refractivity (Wildman–Crippen MR) is 98.7 cm³/mol. The maximum Gasteiger partial charge on any atom is 0.269 e. The zero-order valence-corrected chi connectivity index (χ0v) is 14.1. The molecule has 0 spiro atoms. The van der Waals surface area contributed by atoms with Crippen molar-refractivity contribution in [3.8, 4) is 16.9 Å². The highest BCUT2D eigenvalue weighted by molar-refractivity contribution is 5.61. The van der Waals surface area contributed by atoms with Crippen LogP contribution in [0, 0.1) is 10.1 Å². The van der Waals surface area contributed by atoms with Crippen LogP contribution >= 0.6 is 0 Å². The Morgan fingerprint density at radius 2 is 1.58 bits per heavy atom. The van der Waals surface area contributed by atoms with Gasteiger partial charge in [0.05, 0.1) is 29.5 Å². The van der Waals surface area contributed by atoms with E-state index in [9.17, 15) is 10.1 Å². The maximum atomic E-state index is 10.8. The number of rotatable bonds is 4. The predicted octanol–water partition coefficient (Wildman–Crippen LogP) is 3.28. The highest BCUT2D eigenvalue weighted by atomic mass is 16.6. The molecule has 0 bridgehead atoms. The van der Waals surface area contributed by atoms with Crippen LogP contribution in [0.4, 0.5) is 11.4 Å². The Balaban J connectivity index is 1.53. The molecule has 0 radical (unpaired) electrons. The lowest BCUT2D eigenvalue weighted by atomic mass is 10.1. The quantitative estimate of drug-likeness (QED) is 0.533. The summed E-state index contributed by atoms with van der Waals surface area (Å²) in [6.45, 7) is 3.34. The van der Waals surface area contributed by atoms with E-state index in [1.807, 2.05) is 24.4 Å². The number of ether oxygens (including phenoxy) is 1. The van der Waals surface area contributed by atoms with Gasteiger partial charge in [-0.2, -0.15) is 5.10 Å². The number of nitrogens with zero attached hydrogens (tertiary/aromatic N) is 4. The van der Waals surface area contributed by atoms with E-state index in [0.717, 1.165) is 43.2 Å². The molecule has 0 unspecified atom stereocenters. The number of benzene rings is 2. The average Bonchev–Trinajstić information content (AvgIpc) is 3.19. The van der Waals surface area contributed by atoms with Gasteiger partial charge < -0.3 is 9.64 Å². The van der Waals surface area contributed by atoms with Gasteiger partial charge in [-0.1, -0.05) is 0 Å². The molecule has 132 valence electrons. The fourth-order valence-electron chi connectivity index (χ4n) is 3.01. The van der Waals surface area contributed by atoms with Gasteiger partial charge in [-0.3, -0.25) is 10.1 Å². The minimum atomic E-state index is -0.404. The van der Waals surface area contributed by atoms with Gasteiger partial charge in [0.2, 0.25) is 0 Å². The van der Waals surface area contributed by atoms with Crippen LogP contribution in [0.5, 0.6) is 0 Å². The number of hydrogen-bond donors (Lipinski definition) is 0. The summed E-state index contributed by atoms with van der Waals surface area (Å²) in [5.41, 5.74) is 3.85. The lowest BCUT2D eigenvalue weighted by molar-refractivity contribution is -0.384. The molecule has 26 heavy (non-hydrogen) atoms. The number of hydrogen-bond acceptors (Lipinski definition) is 5. The van der Waals surface area contributed by atoms with Crippen molar-refractivity contribution in [3.63, 3.8) is 0 Å². The van der Waals surface area contributed by atoms with Crippen molar-refractivity contribution in [2.45, 2.75) is 0 Å². The zero-order valence-electron chi connectivity index (χ0n) is 14.1. The van der Waals surface area contributed by atoms with Gasteiger partial charge in [-0.05, 0) is 42.5 Å². The summed E-state index contributed by atoms with van der Waals surface area (Å²) >= 11 is 0. The number of morpholine rings is 1. The summed E-state index contributed by atoms with van der Waals surface area (Å²) in [7, 11) is 0. The third-order valence-corrected chi connectivity index (χ3v) is 4.45. The van der Waals surface area contributed by atoms with Gasteiger partial charge in [-0.25, -0.2) is 4.68 Å². The number of nitro groups is 1. The molecule has 7 heteroatoms. The van der Waals surface area contributed by atoms with E-state index in [-0.39, 0.29) is 5.69 Å². The third kappa shape index (κ3) is 3.29. The SMILES string of the molecule is O=[N+]([O-])c1ccc(-c2ccn(-c3ccc(N4CCOCC4)cc3)n2)cc1. The molecule has 3 aromatic rings. The molecule has 1 saturated heterocycles. The van der Waals surface area contributed by atoms with Crippen molar-refractivity contribution in [2.75, 3.05) is 31.2 Å². The van der Waals surface area contributed by atoms with E-state index in [0.29, 0.717) is 0 Å². The molecule has 7 nitrogen and oxygen atoms in total. The van der Waals surface area contributed by atoms with Crippen molar-refractivity contribution in [1.29, 1.82) is 0 Å². The molecule has 1 aromatic heterocycles. The largest absolute Gasteiger partial charge is 0.378 e. The first-order valence-electron chi connectivity index (χ1n) is 8.44. The third-order valence-electron chi connectivity index (χ3n) is 4.45. The van der Waals surface area contributed by atoms with Crippen molar-refractivity contribution in [3.05, 3.63) is 70.9 Å². The molecule has 1 aliphatic rings. The monoisotopic (exact) mass is 350 g/mol. The second-order valence-corrected chi connectivity index (χ2v) is 6.07. The summed E-state index contributed by atoms with van der Waals surface area (Å²) < 4.78 is 7.19. The standard InChI is InChI=1S/C19H18N4O3/c24-23(25)18-3-1-15(2-4-18)19-9-10-22(20-19)17-7-5-16(6-8-17)21-11-13-26-14-12-21/h1-10H,11-14H2. The second-order valence-electron chi connectivity index (χ2n) is 6.07. The van der Waals surface area contributed by atoms with Gasteiger partial charge >= 0.3 is 0 Å². The lowest BCUT2D eigenvalue weighted by Gasteiger charge is -2.28. The fraction of sp³-hybridized carbons (Fsp3) is 0.211. The summed E-state index contributed by atoms with van der Waals surface area (Å²) in [5.74, 6) is 0. The van der Waals surface area contributed by atoms with Crippen LogP contribution in [0.3, 0.4) is 0 Å². The van der Waals surface area contributed by atoms with E-state index in [2.05, 4.69) is 22.1 Å². The molecule has 0 N–H and O–H groups in total. The van der Waals surface area contributed by atoms with Crippen LogP contribution in [-0.4, -0.2) is 41.0 Å². The highest BCUT2D eigenvalue weighted by Gasteiger charge is 2.12. The molecule has 0 amide bonds. The molecule has 1 fully saturated rings. The average molecular weight is 350 g/mol. The molecule has 0 aliphatic carbocycles. The zero-order chi connectivity index (χ0) is 17.9. The van der Waals surface area contributed by atoms with Crippen LogP contribution in [0.25, 0.3) is 16.9 Å². The Bertz CT molecular complexity index is 897. The Hall–Kier alpha value is -3.19. The van der Waals surface area contributed by atoms with Crippen LogP contribution in [0.2, 0.25) is 0 Å². The minimum absolute atomic E-state index is 0.0758. The van der Waals surface area contributed by atoms with Crippen LogP contribution < -0.4 is 4.90 Å². The molecule has 0 atom stereocenters.